The largest absolute Gasteiger partial charge is 0.419 e. The molecule has 0 radical (unpaired) electrons. The van der Waals surface area contributed by atoms with E-state index < -0.39 is 17.8 Å². The number of halogens is 3. The summed E-state index contributed by atoms with van der Waals surface area (Å²) in [7, 11) is 0. The summed E-state index contributed by atoms with van der Waals surface area (Å²) in [5, 5.41) is 21.6. The van der Waals surface area contributed by atoms with Crippen LogP contribution in [-0.4, -0.2) is 17.3 Å². The van der Waals surface area contributed by atoms with Crippen LogP contribution in [-0.2, 0) is 23.9 Å². The second-order valence-electron chi connectivity index (χ2n) is 8.67. The number of rotatable bonds is 4. The van der Waals surface area contributed by atoms with Crippen LogP contribution in [0.1, 0.15) is 46.7 Å². The lowest BCUT2D eigenvalue weighted by Crippen LogP contribution is -2.25. The standard InChI is InChI=1S/C26H22F3N5O/c27-26(28,29)22-15-32-25(33-21-7-5-17-4-6-20(31)11-19(17)12-21)13-24(22)34-23(8-9-35-34)18-3-1-2-16(10-18)14-30/h1-3,5,7,10,12-13,15,23,31H,4,6,8-9,11H2,(H,32,33)/t23-/m0/s1. The molecular weight excluding hydrogens is 455 g/mol. The zero-order valence-electron chi connectivity index (χ0n) is 18.7. The lowest BCUT2D eigenvalue weighted by atomic mass is 9.90. The Kier molecular flexibility index (Phi) is 5.91. The van der Waals surface area contributed by atoms with Crippen molar-refractivity contribution >= 4 is 22.9 Å². The molecule has 178 valence electrons. The van der Waals surface area contributed by atoms with E-state index in [2.05, 4.69) is 16.4 Å². The fraction of sp³-hybridized carbons (Fsp3) is 0.269. The van der Waals surface area contributed by atoms with E-state index in [4.69, 9.17) is 10.2 Å². The van der Waals surface area contributed by atoms with Gasteiger partial charge in [0.05, 0.1) is 35.5 Å². The monoisotopic (exact) mass is 477 g/mol. The van der Waals surface area contributed by atoms with Crippen LogP contribution in [0.2, 0.25) is 0 Å². The van der Waals surface area contributed by atoms with Crippen molar-refractivity contribution in [3.05, 3.63) is 82.5 Å². The van der Waals surface area contributed by atoms with E-state index in [-0.39, 0.29) is 18.1 Å². The van der Waals surface area contributed by atoms with Crippen molar-refractivity contribution in [2.45, 2.75) is 37.9 Å². The molecule has 1 atom stereocenters. The average Bonchev–Trinajstić information content (AvgIpc) is 3.33. The summed E-state index contributed by atoms with van der Waals surface area (Å²) in [5.74, 6) is 0.249. The molecule has 0 spiro atoms. The number of anilines is 3. The van der Waals surface area contributed by atoms with Crippen molar-refractivity contribution in [2.75, 3.05) is 17.0 Å². The number of aromatic nitrogens is 1. The minimum atomic E-state index is -4.63. The Hall–Kier alpha value is -3.90. The molecule has 0 saturated carbocycles. The molecule has 2 aromatic carbocycles. The Morgan fingerprint density at radius 1 is 1.11 bits per heavy atom. The molecule has 0 unspecified atom stereocenters. The molecule has 1 fully saturated rings. The van der Waals surface area contributed by atoms with Crippen molar-refractivity contribution in [2.24, 2.45) is 0 Å². The normalized spacial score (nSPS) is 17.7. The fourth-order valence-corrected chi connectivity index (χ4v) is 4.60. The van der Waals surface area contributed by atoms with Gasteiger partial charge in [0.25, 0.3) is 0 Å². The molecule has 2 heterocycles. The number of nitrogens with one attached hydrogen (secondary N) is 2. The first-order chi connectivity index (χ1) is 16.8. The van der Waals surface area contributed by atoms with E-state index in [1.807, 2.05) is 18.2 Å². The summed E-state index contributed by atoms with van der Waals surface area (Å²) in [6.07, 6.45) is -1.19. The predicted octanol–water partition coefficient (Wildman–Crippen LogP) is 6.11. The van der Waals surface area contributed by atoms with Gasteiger partial charge in [0.2, 0.25) is 0 Å². The summed E-state index contributed by atoms with van der Waals surface area (Å²) in [5.41, 5.74) is 3.68. The van der Waals surface area contributed by atoms with Gasteiger partial charge < -0.3 is 10.7 Å². The lowest BCUT2D eigenvalue weighted by molar-refractivity contribution is -0.137. The third kappa shape index (κ3) is 4.70. The Morgan fingerprint density at radius 2 is 1.97 bits per heavy atom. The summed E-state index contributed by atoms with van der Waals surface area (Å²) in [6.45, 7) is 0.251. The highest BCUT2D eigenvalue weighted by Crippen LogP contribution is 2.43. The number of nitrogens with zero attached hydrogens (tertiary/aromatic N) is 3. The number of pyridine rings is 1. The zero-order valence-corrected chi connectivity index (χ0v) is 18.7. The molecule has 2 aliphatic rings. The quantitative estimate of drug-likeness (QED) is 0.474. The van der Waals surface area contributed by atoms with Crippen LogP contribution in [0, 0.1) is 16.7 Å². The molecule has 1 saturated heterocycles. The Balaban J connectivity index is 1.50. The van der Waals surface area contributed by atoms with Crippen molar-refractivity contribution < 1.29 is 18.0 Å². The van der Waals surface area contributed by atoms with Crippen LogP contribution in [0.4, 0.5) is 30.4 Å². The van der Waals surface area contributed by atoms with Gasteiger partial charge in [-0.15, -0.1) is 0 Å². The van der Waals surface area contributed by atoms with Gasteiger partial charge in [-0.2, -0.15) is 18.4 Å². The maximum absolute atomic E-state index is 13.9. The minimum Gasteiger partial charge on any atom is -0.340 e. The van der Waals surface area contributed by atoms with E-state index in [0.29, 0.717) is 35.4 Å². The van der Waals surface area contributed by atoms with Gasteiger partial charge in [0.1, 0.15) is 5.82 Å². The number of hydrogen-bond acceptors (Lipinski definition) is 6. The van der Waals surface area contributed by atoms with Gasteiger partial charge in [-0.05, 0) is 53.8 Å². The Bertz CT molecular complexity index is 1330. The van der Waals surface area contributed by atoms with Crippen molar-refractivity contribution in [3.63, 3.8) is 0 Å². The number of hydrogen-bond donors (Lipinski definition) is 2. The average molecular weight is 477 g/mol. The van der Waals surface area contributed by atoms with Crippen LogP contribution in [0.25, 0.3) is 0 Å². The molecular formula is C26H22F3N5O. The lowest BCUT2D eigenvalue weighted by Gasteiger charge is -2.28. The fourth-order valence-electron chi connectivity index (χ4n) is 4.60. The van der Waals surface area contributed by atoms with Gasteiger partial charge in [-0.25, -0.2) is 10.0 Å². The molecule has 1 aliphatic carbocycles. The second kappa shape index (κ2) is 9.04. The Morgan fingerprint density at radius 3 is 2.77 bits per heavy atom. The molecule has 1 aliphatic heterocycles. The molecule has 0 amide bonds. The summed E-state index contributed by atoms with van der Waals surface area (Å²) >= 11 is 0. The van der Waals surface area contributed by atoms with Gasteiger partial charge in [-0.3, -0.25) is 4.84 Å². The van der Waals surface area contributed by atoms with Crippen molar-refractivity contribution in [1.29, 1.82) is 10.7 Å². The van der Waals surface area contributed by atoms with Crippen LogP contribution in [0.15, 0.2) is 54.7 Å². The summed E-state index contributed by atoms with van der Waals surface area (Å²) < 4.78 is 41.8. The highest BCUT2D eigenvalue weighted by Gasteiger charge is 2.39. The van der Waals surface area contributed by atoms with E-state index in [1.54, 1.807) is 24.3 Å². The SMILES string of the molecule is N#Cc1cccc([C@@H]2CCON2c2cc(Nc3ccc4c(c3)CC(=N)CC4)ncc2C(F)(F)F)c1. The van der Waals surface area contributed by atoms with Crippen LogP contribution in [0.5, 0.6) is 0 Å². The predicted molar refractivity (Wildman–Crippen MR) is 126 cm³/mol. The molecule has 9 heteroatoms. The molecule has 3 aromatic rings. The number of benzene rings is 2. The summed E-state index contributed by atoms with van der Waals surface area (Å²) in [4.78, 5) is 9.70. The number of nitriles is 1. The first-order valence-corrected chi connectivity index (χ1v) is 11.3. The maximum atomic E-state index is 13.9. The first-order valence-electron chi connectivity index (χ1n) is 11.3. The molecule has 2 N–H and O–H groups in total. The van der Waals surface area contributed by atoms with Crippen LogP contribution in [0.3, 0.4) is 0 Å². The van der Waals surface area contributed by atoms with Crippen LogP contribution < -0.4 is 10.4 Å². The highest BCUT2D eigenvalue weighted by molar-refractivity contribution is 5.86. The zero-order chi connectivity index (χ0) is 24.6. The van der Waals surface area contributed by atoms with E-state index in [1.165, 1.54) is 16.7 Å². The molecule has 35 heavy (non-hydrogen) atoms. The molecule has 1 aromatic heterocycles. The summed E-state index contributed by atoms with van der Waals surface area (Å²) in [6, 6.07) is 15.5. The van der Waals surface area contributed by atoms with E-state index >= 15 is 0 Å². The van der Waals surface area contributed by atoms with Gasteiger partial charge in [-0.1, -0.05) is 18.2 Å². The molecule has 0 bridgehead atoms. The Labute approximate surface area is 200 Å². The van der Waals surface area contributed by atoms with Gasteiger partial charge in [0.15, 0.2) is 0 Å². The van der Waals surface area contributed by atoms with Crippen LogP contribution >= 0.6 is 0 Å². The van der Waals surface area contributed by atoms with E-state index in [9.17, 15) is 18.4 Å². The van der Waals surface area contributed by atoms with Gasteiger partial charge in [0, 0.05) is 36.5 Å². The van der Waals surface area contributed by atoms with Gasteiger partial charge >= 0.3 is 6.18 Å². The topological polar surface area (TPSA) is 85.0 Å². The number of alkyl halides is 3. The highest BCUT2D eigenvalue weighted by atomic mass is 19.4. The minimum absolute atomic E-state index is 0.139. The maximum Gasteiger partial charge on any atom is 0.419 e. The third-order valence-electron chi connectivity index (χ3n) is 6.31. The van der Waals surface area contributed by atoms with E-state index in [0.717, 1.165) is 24.6 Å². The second-order valence-corrected chi connectivity index (χ2v) is 8.67. The van der Waals surface area contributed by atoms with Crippen molar-refractivity contribution in [1.82, 2.24) is 4.98 Å². The number of hydroxylamine groups is 1. The smallest absolute Gasteiger partial charge is 0.340 e. The first kappa shape index (κ1) is 22.9. The number of aryl methyl sites for hydroxylation is 1. The van der Waals surface area contributed by atoms with Crippen molar-refractivity contribution in [3.8, 4) is 6.07 Å². The third-order valence-corrected chi connectivity index (χ3v) is 6.31. The number of fused-ring (bicyclic) bond motifs is 1. The molecule has 5 rings (SSSR count). The molecule has 6 nitrogen and oxygen atoms in total.